The summed E-state index contributed by atoms with van der Waals surface area (Å²) in [7, 11) is 1.80. The molecule has 0 aliphatic rings. The van der Waals surface area contributed by atoms with Gasteiger partial charge in [0.2, 0.25) is 5.95 Å². The molecule has 0 radical (unpaired) electrons. The number of nitrogens with zero attached hydrogens (tertiary/aromatic N) is 2. The van der Waals surface area contributed by atoms with Gasteiger partial charge in [-0.1, -0.05) is 44.2 Å². The van der Waals surface area contributed by atoms with E-state index in [0.717, 1.165) is 11.1 Å². The van der Waals surface area contributed by atoms with Crippen LogP contribution in [0.4, 0.5) is 5.95 Å². The van der Waals surface area contributed by atoms with Crippen LogP contribution in [0.15, 0.2) is 42.7 Å². The molecule has 0 amide bonds. The Morgan fingerprint density at radius 2 is 1.44 bits per heavy atom. The molecule has 0 atom stereocenters. The number of nitrogens with one attached hydrogen (secondary N) is 1. The van der Waals surface area contributed by atoms with E-state index in [4.69, 9.17) is 0 Å². The lowest BCUT2D eigenvalue weighted by Gasteiger charge is -2.01. The van der Waals surface area contributed by atoms with Crippen molar-refractivity contribution in [3.63, 3.8) is 0 Å². The third-order valence-corrected chi connectivity index (χ3v) is 1.98. The first kappa shape index (κ1) is 12.2. The van der Waals surface area contributed by atoms with Crippen LogP contribution in [0.5, 0.6) is 0 Å². The minimum atomic E-state index is 0.643. The van der Waals surface area contributed by atoms with Crippen LogP contribution in [0, 0.1) is 0 Å². The van der Waals surface area contributed by atoms with E-state index in [0.29, 0.717) is 5.95 Å². The van der Waals surface area contributed by atoms with Crippen LogP contribution in [-0.4, -0.2) is 17.0 Å². The van der Waals surface area contributed by atoms with Gasteiger partial charge in [-0.25, -0.2) is 9.97 Å². The van der Waals surface area contributed by atoms with Crippen molar-refractivity contribution in [1.82, 2.24) is 9.97 Å². The highest BCUT2D eigenvalue weighted by molar-refractivity contribution is 5.61. The Kier molecular flexibility index (Phi) is 4.99. The zero-order valence-electron chi connectivity index (χ0n) is 9.94. The van der Waals surface area contributed by atoms with E-state index in [-0.39, 0.29) is 0 Å². The third-order valence-electron chi connectivity index (χ3n) is 1.98. The van der Waals surface area contributed by atoms with Crippen molar-refractivity contribution < 1.29 is 0 Å². The Morgan fingerprint density at radius 3 is 1.94 bits per heavy atom. The van der Waals surface area contributed by atoms with Gasteiger partial charge < -0.3 is 5.32 Å². The molecule has 3 nitrogen and oxygen atoms in total. The fraction of sp³-hybridized carbons (Fsp3) is 0.231. The molecule has 1 heterocycles. The highest BCUT2D eigenvalue weighted by Gasteiger charge is 1.97. The van der Waals surface area contributed by atoms with Crippen molar-refractivity contribution in [2.45, 2.75) is 13.8 Å². The summed E-state index contributed by atoms with van der Waals surface area (Å²) in [5.74, 6) is 0.643. The number of benzene rings is 1. The largest absolute Gasteiger partial charge is 0.357 e. The number of rotatable bonds is 2. The van der Waals surface area contributed by atoms with Crippen LogP contribution in [0.3, 0.4) is 0 Å². The maximum atomic E-state index is 4.15. The summed E-state index contributed by atoms with van der Waals surface area (Å²) < 4.78 is 0. The van der Waals surface area contributed by atoms with Crippen molar-refractivity contribution in [1.29, 1.82) is 0 Å². The average Bonchev–Trinajstić information content (AvgIpc) is 2.42. The summed E-state index contributed by atoms with van der Waals surface area (Å²) in [6, 6.07) is 10.1. The maximum Gasteiger partial charge on any atom is 0.222 e. The second kappa shape index (κ2) is 6.56. The first-order chi connectivity index (χ1) is 7.90. The molecule has 0 fully saturated rings. The Bertz CT molecular complexity index is 395. The molecule has 0 saturated heterocycles. The van der Waals surface area contributed by atoms with Crippen molar-refractivity contribution in [3.05, 3.63) is 42.7 Å². The fourth-order valence-corrected chi connectivity index (χ4v) is 1.24. The molecule has 1 aromatic carbocycles. The maximum absolute atomic E-state index is 4.15. The molecule has 2 rings (SSSR count). The predicted molar refractivity (Wildman–Crippen MR) is 68.4 cm³/mol. The number of anilines is 1. The minimum absolute atomic E-state index is 0.643. The van der Waals surface area contributed by atoms with E-state index in [1.165, 1.54) is 0 Å². The Hall–Kier alpha value is -1.90. The predicted octanol–water partition coefficient (Wildman–Crippen LogP) is 3.21. The first-order valence-corrected chi connectivity index (χ1v) is 5.45. The van der Waals surface area contributed by atoms with E-state index in [2.05, 4.69) is 15.3 Å². The Labute approximate surface area is 96.6 Å². The van der Waals surface area contributed by atoms with Crippen LogP contribution in [0.1, 0.15) is 13.8 Å². The van der Waals surface area contributed by atoms with Gasteiger partial charge in [-0.3, -0.25) is 0 Å². The van der Waals surface area contributed by atoms with Crippen LogP contribution >= 0.6 is 0 Å². The monoisotopic (exact) mass is 215 g/mol. The van der Waals surface area contributed by atoms with Crippen molar-refractivity contribution in [2.75, 3.05) is 12.4 Å². The average molecular weight is 215 g/mol. The van der Waals surface area contributed by atoms with Gasteiger partial charge in [-0.2, -0.15) is 0 Å². The Balaban J connectivity index is 0.000000606. The molecule has 1 aromatic heterocycles. The van der Waals surface area contributed by atoms with Crippen molar-refractivity contribution in [3.8, 4) is 11.1 Å². The third kappa shape index (κ3) is 3.05. The summed E-state index contributed by atoms with van der Waals surface area (Å²) in [4.78, 5) is 8.30. The van der Waals surface area contributed by atoms with Gasteiger partial charge >= 0.3 is 0 Å². The summed E-state index contributed by atoms with van der Waals surface area (Å²) in [6.45, 7) is 4.00. The van der Waals surface area contributed by atoms with E-state index in [1.807, 2.05) is 56.6 Å². The van der Waals surface area contributed by atoms with Crippen LogP contribution in [0.25, 0.3) is 11.1 Å². The fourth-order valence-electron chi connectivity index (χ4n) is 1.24. The van der Waals surface area contributed by atoms with Gasteiger partial charge in [-0.15, -0.1) is 0 Å². The SMILES string of the molecule is CC.CNc1ncc(-c2ccccc2)cn1. The van der Waals surface area contributed by atoms with E-state index < -0.39 is 0 Å². The summed E-state index contributed by atoms with van der Waals surface area (Å²) in [5, 5.41) is 2.88. The highest BCUT2D eigenvalue weighted by atomic mass is 15.1. The zero-order chi connectivity index (χ0) is 11.8. The van der Waals surface area contributed by atoms with E-state index >= 15 is 0 Å². The second-order valence-electron chi connectivity index (χ2n) is 2.91. The molecular formula is C13H17N3. The number of hydrogen-bond acceptors (Lipinski definition) is 3. The summed E-state index contributed by atoms with van der Waals surface area (Å²) in [6.07, 6.45) is 3.63. The highest BCUT2D eigenvalue weighted by Crippen LogP contribution is 2.16. The van der Waals surface area contributed by atoms with Crippen molar-refractivity contribution >= 4 is 5.95 Å². The molecule has 0 aliphatic carbocycles. The number of aromatic nitrogens is 2. The van der Waals surface area contributed by atoms with Gasteiger partial charge in [0.1, 0.15) is 0 Å². The van der Waals surface area contributed by atoms with Gasteiger partial charge in [0.25, 0.3) is 0 Å². The normalized spacial score (nSPS) is 8.94. The minimum Gasteiger partial charge on any atom is -0.357 e. The van der Waals surface area contributed by atoms with E-state index in [1.54, 1.807) is 7.05 Å². The summed E-state index contributed by atoms with van der Waals surface area (Å²) in [5.41, 5.74) is 2.17. The first-order valence-electron chi connectivity index (χ1n) is 5.45. The van der Waals surface area contributed by atoms with Crippen LogP contribution in [0.2, 0.25) is 0 Å². The topological polar surface area (TPSA) is 37.8 Å². The molecule has 2 aromatic rings. The number of hydrogen-bond donors (Lipinski definition) is 1. The van der Waals surface area contributed by atoms with E-state index in [9.17, 15) is 0 Å². The lowest BCUT2D eigenvalue weighted by Crippen LogP contribution is -1.95. The molecule has 0 bridgehead atoms. The van der Waals surface area contributed by atoms with Crippen LogP contribution in [-0.2, 0) is 0 Å². The molecule has 84 valence electrons. The molecule has 3 heteroatoms. The van der Waals surface area contributed by atoms with Gasteiger partial charge in [-0.05, 0) is 5.56 Å². The molecular weight excluding hydrogens is 198 g/mol. The molecule has 0 saturated carbocycles. The molecule has 0 aliphatic heterocycles. The second-order valence-corrected chi connectivity index (χ2v) is 2.91. The molecule has 0 unspecified atom stereocenters. The standard InChI is InChI=1S/C11H11N3.C2H6/c1-12-11-13-7-10(8-14-11)9-5-3-2-4-6-9;1-2/h2-8H,1H3,(H,12,13,14);1-2H3. The van der Waals surface area contributed by atoms with Gasteiger partial charge in [0.05, 0.1) is 0 Å². The Morgan fingerprint density at radius 1 is 0.875 bits per heavy atom. The summed E-state index contributed by atoms with van der Waals surface area (Å²) >= 11 is 0. The zero-order valence-corrected chi connectivity index (χ0v) is 9.94. The van der Waals surface area contributed by atoms with Crippen LogP contribution < -0.4 is 5.32 Å². The van der Waals surface area contributed by atoms with Crippen molar-refractivity contribution in [2.24, 2.45) is 0 Å². The van der Waals surface area contributed by atoms with Gasteiger partial charge in [0.15, 0.2) is 0 Å². The molecule has 1 N–H and O–H groups in total. The quantitative estimate of drug-likeness (QED) is 0.835. The smallest absolute Gasteiger partial charge is 0.222 e. The molecule has 16 heavy (non-hydrogen) atoms. The lowest BCUT2D eigenvalue weighted by molar-refractivity contribution is 1.15. The molecule has 0 spiro atoms. The lowest BCUT2D eigenvalue weighted by atomic mass is 10.1. The van der Waals surface area contributed by atoms with Gasteiger partial charge in [0, 0.05) is 25.0 Å².